The highest BCUT2D eigenvalue weighted by Crippen LogP contribution is 2.24. The van der Waals surface area contributed by atoms with Crippen molar-refractivity contribution in [2.45, 2.75) is 0 Å². The average Bonchev–Trinajstić information content (AvgIpc) is 2.36. The second-order valence-electron chi connectivity index (χ2n) is 3.42. The van der Waals surface area contributed by atoms with Crippen LogP contribution in [0.3, 0.4) is 0 Å². The molecule has 1 N–H and O–H groups in total. The molecule has 8 heteroatoms. The first-order valence-electron chi connectivity index (χ1n) is 4.92. The van der Waals surface area contributed by atoms with Crippen LogP contribution < -0.4 is 5.32 Å². The SMILES string of the molecule is O=C(Nc1ncc(Br)nc1Br)c1ccc(Cl)c(Cl)c1. The first-order valence-corrected chi connectivity index (χ1v) is 7.26. The number of amides is 1. The van der Waals surface area contributed by atoms with Gasteiger partial charge in [0.25, 0.3) is 5.91 Å². The molecule has 0 bridgehead atoms. The maximum absolute atomic E-state index is 12.0. The number of hydrogen-bond acceptors (Lipinski definition) is 3. The molecular weight excluding hydrogens is 421 g/mol. The normalized spacial score (nSPS) is 10.3. The van der Waals surface area contributed by atoms with Crippen LogP contribution in [0.15, 0.2) is 33.6 Å². The molecule has 0 atom stereocenters. The van der Waals surface area contributed by atoms with Crippen LogP contribution in [-0.2, 0) is 0 Å². The zero-order valence-corrected chi connectivity index (χ0v) is 13.8. The Kier molecular flexibility index (Phi) is 4.78. The number of aromatic nitrogens is 2. The summed E-state index contributed by atoms with van der Waals surface area (Å²) >= 11 is 18.0. The minimum Gasteiger partial charge on any atom is -0.304 e. The highest BCUT2D eigenvalue weighted by Gasteiger charge is 2.12. The Bertz CT molecular complexity index is 652. The molecule has 1 aromatic heterocycles. The molecule has 0 radical (unpaired) electrons. The predicted octanol–water partition coefficient (Wildman–Crippen LogP) is 4.56. The van der Waals surface area contributed by atoms with E-state index in [9.17, 15) is 4.79 Å². The van der Waals surface area contributed by atoms with E-state index in [0.717, 1.165) is 0 Å². The summed E-state index contributed by atoms with van der Waals surface area (Å²) in [6, 6.07) is 4.62. The summed E-state index contributed by atoms with van der Waals surface area (Å²) < 4.78 is 0.988. The third kappa shape index (κ3) is 3.66. The molecular formula is C11H5Br2Cl2N3O. The Hall–Kier alpha value is -0.690. The number of halogens is 4. The zero-order valence-electron chi connectivity index (χ0n) is 9.12. The third-order valence-corrected chi connectivity index (χ3v) is 3.79. The molecule has 0 fully saturated rings. The minimum atomic E-state index is -0.351. The Balaban J connectivity index is 2.23. The zero-order chi connectivity index (χ0) is 14.0. The van der Waals surface area contributed by atoms with Crippen LogP contribution in [-0.4, -0.2) is 15.9 Å². The van der Waals surface area contributed by atoms with Gasteiger partial charge in [0, 0.05) is 5.56 Å². The average molecular weight is 426 g/mol. The third-order valence-electron chi connectivity index (χ3n) is 2.11. The fraction of sp³-hybridized carbons (Fsp3) is 0. The van der Waals surface area contributed by atoms with Crippen molar-refractivity contribution in [1.82, 2.24) is 9.97 Å². The highest BCUT2D eigenvalue weighted by atomic mass is 79.9. The van der Waals surface area contributed by atoms with Crippen LogP contribution in [0.4, 0.5) is 5.82 Å². The van der Waals surface area contributed by atoms with E-state index in [-0.39, 0.29) is 5.91 Å². The van der Waals surface area contributed by atoms with Gasteiger partial charge in [0.2, 0.25) is 0 Å². The fourth-order valence-corrected chi connectivity index (χ4v) is 2.46. The highest BCUT2D eigenvalue weighted by molar-refractivity contribution is 9.11. The van der Waals surface area contributed by atoms with Gasteiger partial charge < -0.3 is 5.32 Å². The molecule has 1 heterocycles. The van der Waals surface area contributed by atoms with E-state index >= 15 is 0 Å². The molecule has 0 saturated heterocycles. The molecule has 1 aromatic carbocycles. The van der Waals surface area contributed by atoms with Crippen LogP contribution in [0.1, 0.15) is 10.4 Å². The van der Waals surface area contributed by atoms with E-state index in [1.807, 2.05) is 0 Å². The lowest BCUT2D eigenvalue weighted by Crippen LogP contribution is -2.13. The quantitative estimate of drug-likeness (QED) is 0.767. The van der Waals surface area contributed by atoms with Crippen molar-refractivity contribution in [3.63, 3.8) is 0 Å². The van der Waals surface area contributed by atoms with Gasteiger partial charge in [0.05, 0.1) is 16.2 Å². The topological polar surface area (TPSA) is 54.9 Å². The molecule has 0 unspecified atom stereocenters. The van der Waals surface area contributed by atoms with E-state index in [2.05, 4.69) is 47.1 Å². The first kappa shape index (κ1) is 14.7. The van der Waals surface area contributed by atoms with E-state index < -0.39 is 0 Å². The Morgan fingerprint density at radius 2 is 1.95 bits per heavy atom. The Morgan fingerprint density at radius 3 is 2.58 bits per heavy atom. The molecule has 0 saturated carbocycles. The maximum atomic E-state index is 12.0. The van der Waals surface area contributed by atoms with Crippen molar-refractivity contribution in [2.24, 2.45) is 0 Å². The summed E-state index contributed by atoms with van der Waals surface area (Å²) in [5.74, 6) is -0.0323. The molecule has 2 aromatic rings. The van der Waals surface area contributed by atoms with Gasteiger partial charge in [-0.25, -0.2) is 9.97 Å². The van der Waals surface area contributed by atoms with Gasteiger partial charge in [-0.1, -0.05) is 23.2 Å². The van der Waals surface area contributed by atoms with Crippen molar-refractivity contribution in [3.05, 3.63) is 49.2 Å². The van der Waals surface area contributed by atoms with E-state index in [0.29, 0.717) is 30.6 Å². The molecule has 19 heavy (non-hydrogen) atoms. The van der Waals surface area contributed by atoms with Gasteiger partial charge >= 0.3 is 0 Å². The first-order chi connectivity index (χ1) is 8.97. The number of hydrogen-bond donors (Lipinski definition) is 1. The van der Waals surface area contributed by atoms with Gasteiger partial charge in [-0.3, -0.25) is 4.79 Å². The summed E-state index contributed by atoms with van der Waals surface area (Å²) in [5, 5.41) is 3.32. The van der Waals surface area contributed by atoms with Crippen molar-refractivity contribution >= 4 is 66.8 Å². The van der Waals surface area contributed by atoms with Gasteiger partial charge in [-0.05, 0) is 50.1 Å². The van der Waals surface area contributed by atoms with Crippen molar-refractivity contribution in [1.29, 1.82) is 0 Å². The second-order valence-corrected chi connectivity index (χ2v) is 5.79. The van der Waals surface area contributed by atoms with Crippen LogP contribution in [0.5, 0.6) is 0 Å². The van der Waals surface area contributed by atoms with E-state index in [1.165, 1.54) is 12.3 Å². The molecule has 0 aliphatic heterocycles. The van der Waals surface area contributed by atoms with Crippen molar-refractivity contribution in [2.75, 3.05) is 5.32 Å². The van der Waals surface area contributed by atoms with Crippen LogP contribution in [0.2, 0.25) is 10.0 Å². The molecule has 0 aliphatic rings. The molecule has 0 spiro atoms. The van der Waals surface area contributed by atoms with Gasteiger partial charge in [-0.2, -0.15) is 0 Å². The summed E-state index contributed by atoms with van der Waals surface area (Å²) in [6.45, 7) is 0. The summed E-state index contributed by atoms with van der Waals surface area (Å²) in [5.41, 5.74) is 0.381. The van der Waals surface area contributed by atoms with Crippen molar-refractivity contribution < 1.29 is 4.79 Å². The number of carbonyl (C=O) groups is 1. The number of nitrogens with zero attached hydrogens (tertiary/aromatic N) is 2. The number of carbonyl (C=O) groups excluding carboxylic acids is 1. The molecule has 98 valence electrons. The minimum absolute atomic E-state index is 0.315. The lowest BCUT2D eigenvalue weighted by Gasteiger charge is -2.06. The molecule has 4 nitrogen and oxygen atoms in total. The lowest BCUT2D eigenvalue weighted by atomic mass is 10.2. The lowest BCUT2D eigenvalue weighted by molar-refractivity contribution is 0.102. The number of benzene rings is 1. The number of nitrogens with one attached hydrogen (secondary N) is 1. The standard InChI is InChI=1S/C11H5Br2Cl2N3O/c12-8-4-16-10(9(13)17-8)18-11(19)5-1-2-6(14)7(15)3-5/h1-4H,(H,16,18,19). The second kappa shape index (κ2) is 6.17. The Labute approximate surface area is 135 Å². The summed E-state index contributed by atoms with van der Waals surface area (Å²) in [7, 11) is 0. The van der Waals surface area contributed by atoms with Crippen LogP contribution in [0.25, 0.3) is 0 Å². The molecule has 1 amide bonds. The number of anilines is 1. The summed E-state index contributed by atoms with van der Waals surface area (Å²) in [4.78, 5) is 20.1. The largest absolute Gasteiger partial charge is 0.304 e. The number of rotatable bonds is 2. The van der Waals surface area contributed by atoms with E-state index in [1.54, 1.807) is 12.1 Å². The molecule has 0 aliphatic carbocycles. The van der Waals surface area contributed by atoms with Crippen molar-refractivity contribution in [3.8, 4) is 0 Å². The van der Waals surface area contributed by atoms with E-state index in [4.69, 9.17) is 23.2 Å². The fourth-order valence-electron chi connectivity index (χ4n) is 1.25. The molecule has 2 rings (SSSR count). The van der Waals surface area contributed by atoms with Gasteiger partial charge in [-0.15, -0.1) is 0 Å². The van der Waals surface area contributed by atoms with Crippen LogP contribution >= 0.6 is 55.1 Å². The smallest absolute Gasteiger partial charge is 0.256 e. The predicted molar refractivity (Wildman–Crippen MR) is 81.8 cm³/mol. The Morgan fingerprint density at radius 1 is 1.21 bits per heavy atom. The monoisotopic (exact) mass is 423 g/mol. The van der Waals surface area contributed by atoms with Gasteiger partial charge in [0.15, 0.2) is 5.82 Å². The van der Waals surface area contributed by atoms with Gasteiger partial charge in [0.1, 0.15) is 9.21 Å². The van der Waals surface area contributed by atoms with Crippen LogP contribution in [0, 0.1) is 0 Å². The summed E-state index contributed by atoms with van der Waals surface area (Å²) in [6.07, 6.45) is 1.48. The maximum Gasteiger partial charge on any atom is 0.256 e.